The summed E-state index contributed by atoms with van der Waals surface area (Å²) in [4.78, 5) is 11.1. The minimum Gasteiger partial charge on any atom is -0.488 e. The Morgan fingerprint density at radius 2 is 2.05 bits per heavy atom. The van der Waals surface area contributed by atoms with E-state index >= 15 is 0 Å². The second kappa shape index (κ2) is 6.94. The lowest BCUT2D eigenvalue weighted by molar-refractivity contribution is 0.0807. The van der Waals surface area contributed by atoms with E-state index in [1.165, 1.54) is 6.07 Å². The first-order valence-corrected chi connectivity index (χ1v) is 6.01. The minimum absolute atomic E-state index is 0.00610. The molecule has 0 heterocycles. The van der Waals surface area contributed by atoms with E-state index in [1.54, 1.807) is 0 Å². The summed E-state index contributed by atoms with van der Waals surface area (Å²) in [5.74, 6) is -0.990. The van der Waals surface area contributed by atoms with Crippen LogP contribution in [0.25, 0.3) is 0 Å². The monoisotopic (exact) mass is 270 g/mol. The van der Waals surface area contributed by atoms with Crippen molar-refractivity contribution in [2.75, 3.05) is 25.6 Å². The number of amides is 1. The Balaban J connectivity index is 2.58. The number of carbonyl (C=O) groups excluding carboxylic acids is 1. The van der Waals surface area contributed by atoms with E-state index in [1.807, 2.05) is 13.8 Å². The zero-order valence-electron chi connectivity index (χ0n) is 11.1. The van der Waals surface area contributed by atoms with Crippen molar-refractivity contribution in [1.29, 1.82) is 0 Å². The number of anilines is 1. The quantitative estimate of drug-likeness (QED) is 0.581. The van der Waals surface area contributed by atoms with Gasteiger partial charge in [-0.05, 0) is 12.0 Å². The van der Waals surface area contributed by atoms with E-state index in [-0.39, 0.29) is 23.6 Å². The Bertz CT molecular complexity index is 450. The summed E-state index contributed by atoms with van der Waals surface area (Å²) in [5.41, 5.74) is 10.6. The fraction of sp³-hybridized carbons (Fsp3) is 0.462. The van der Waals surface area contributed by atoms with Gasteiger partial charge in [0.25, 0.3) is 5.91 Å². The third kappa shape index (κ3) is 4.75. The van der Waals surface area contributed by atoms with Crippen molar-refractivity contribution in [3.63, 3.8) is 0 Å². The molecule has 0 bridgehead atoms. The highest BCUT2D eigenvalue weighted by Crippen LogP contribution is 2.23. The van der Waals surface area contributed by atoms with Crippen LogP contribution < -0.4 is 16.2 Å². The van der Waals surface area contributed by atoms with Crippen molar-refractivity contribution in [2.24, 2.45) is 11.7 Å². The molecule has 4 N–H and O–H groups in total. The molecule has 0 aliphatic carbocycles. The molecular formula is C13H19FN2O3. The van der Waals surface area contributed by atoms with Gasteiger partial charge < -0.3 is 20.9 Å². The fourth-order valence-corrected chi connectivity index (χ4v) is 1.42. The molecule has 1 amide bonds. The molecule has 0 saturated carbocycles. The lowest BCUT2D eigenvalue weighted by Crippen LogP contribution is -2.15. The van der Waals surface area contributed by atoms with Crippen LogP contribution in [0.3, 0.4) is 0 Å². The normalized spacial score (nSPS) is 10.7. The Hall–Kier alpha value is -1.82. The van der Waals surface area contributed by atoms with Crippen molar-refractivity contribution in [3.8, 4) is 5.75 Å². The number of ether oxygens (including phenoxy) is 2. The Morgan fingerprint density at radius 1 is 1.37 bits per heavy atom. The van der Waals surface area contributed by atoms with Crippen LogP contribution in [-0.4, -0.2) is 25.7 Å². The van der Waals surface area contributed by atoms with Crippen LogP contribution in [0, 0.1) is 11.7 Å². The molecule has 106 valence electrons. The van der Waals surface area contributed by atoms with E-state index < -0.39 is 11.7 Å². The first-order valence-electron chi connectivity index (χ1n) is 6.01. The molecule has 0 aliphatic rings. The number of hydrogen-bond donors (Lipinski definition) is 2. The van der Waals surface area contributed by atoms with Crippen molar-refractivity contribution in [2.45, 2.75) is 13.8 Å². The molecule has 0 spiro atoms. The topological polar surface area (TPSA) is 87.6 Å². The van der Waals surface area contributed by atoms with Crippen LogP contribution in [0.1, 0.15) is 24.2 Å². The predicted octanol–water partition coefficient (Wildman–Crippen LogP) is 1.56. The van der Waals surface area contributed by atoms with Crippen LogP contribution >= 0.6 is 0 Å². The van der Waals surface area contributed by atoms with E-state index in [0.717, 1.165) is 6.07 Å². The maximum Gasteiger partial charge on any atom is 0.250 e. The standard InChI is InChI=1S/C13H19FN2O3/c1-8(2)7-18-3-4-19-12-5-9(13(16)17)11(15)6-10(12)14/h5-6,8H,3-4,7,15H2,1-2H3,(H2,16,17). The van der Waals surface area contributed by atoms with Gasteiger partial charge in [-0.25, -0.2) is 4.39 Å². The molecule has 1 aromatic carbocycles. The second-order valence-electron chi connectivity index (χ2n) is 4.55. The van der Waals surface area contributed by atoms with Gasteiger partial charge in [0.1, 0.15) is 6.61 Å². The average Bonchev–Trinajstić information content (AvgIpc) is 2.30. The molecular weight excluding hydrogens is 251 g/mol. The molecule has 1 aromatic rings. The van der Waals surface area contributed by atoms with Gasteiger partial charge in [0.05, 0.1) is 12.2 Å². The molecule has 0 unspecified atom stereocenters. The summed E-state index contributed by atoms with van der Waals surface area (Å²) in [6.45, 7) is 5.19. The lowest BCUT2D eigenvalue weighted by Gasteiger charge is -2.11. The molecule has 19 heavy (non-hydrogen) atoms. The predicted molar refractivity (Wildman–Crippen MR) is 70.5 cm³/mol. The average molecular weight is 270 g/mol. The van der Waals surface area contributed by atoms with Crippen LogP contribution in [0.2, 0.25) is 0 Å². The third-order valence-electron chi connectivity index (χ3n) is 2.31. The van der Waals surface area contributed by atoms with Gasteiger partial charge >= 0.3 is 0 Å². The fourth-order valence-electron chi connectivity index (χ4n) is 1.42. The van der Waals surface area contributed by atoms with Crippen LogP contribution in [0.4, 0.5) is 10.1 Å². The van der Waals surface area contributed by atoms with Crippen LogP contribution in [-0.2, 0) is 4.74 Å². The van der Waals surface area contributed by atoms with Gasteiger partial charge in [-0.15, -0.1) is 0 Å². The highest BCUT2D eigenvalue weighted by atomic mass is 19.1. The largest absolute Gasteiger partial charge is 0.488 e. The Kier molecular flexibility index (Phi) is 5.57. The second-order valence-corrected chi connectivity index (χ2v) is 4.55. The third-order valence-corrected chi connectivity index (χ3v) is 2.31. The first kappa shape index (κ1) is 15.2. The molecule has 0 atom stereocenters. The molecule has 5 nitrogen and oxygen atoms in total. The SMILES string of the molecule is CC(C)COCCOc1cc(C(N)=O)c(N)cc1F. The van der Waals surface area contributed by atoms with Gasteiger partial charge in [0.15, 0.2) is 11.6 Å². The van der Waals surface area contributed by atoms with Gasteiger partial charge in [-0.2, -0.15) is 0 Å². The van der Waals surface area contributed by atoms with Crippen LogP contribution in [0.15, 0.2) is 12.1 Å². The van der Waals surface area contributed by atoms with Gasteiger partial charge in [0.2, 0.25) is 0 Å². The molecule has 1 rings (SSSR count). The number of carbonyl (C=O) groups is 1. The molecule has 6 heteroatoms. The van der Waals surface area contributed by atoms with Gasteiger partial charge in [0, 0.05) is 18.4 Å². The van der Waals surface area contributed by atoms with Crippen molar-refractivity contribution in [3.05, 3.63) is 23.5 Å². The van der Waals surface area contributed by atoms with Crippen molar-refractivity contribution in [1.82, 2.24) is 0 Å². The van der Waals surface area contributed by atoms with Crippen molar-refractivity contribution < 1.29 is 18.7 Å². The molecule has 0 fully saturated rings. The summed E-state index contributed by atoms with van der Waals surface area (Å²) >= 11 is 0. The highest BCUT2D eigenvalue weighted by molar-refractivity contribution is 5.98. The number of benzene rings is 1. The zero-order valence-corrected chi connectivity index (χ0v) is 11.1. The number of nitrogens with two attached hydrogens (primary N) is 2. The summed E-state index contributed by atoms with van der Waals surface area (Å²) in [6.07, 6.45) is 0. The smallest absolute Gasteiger partial charge is 0.250 e. The summed E-state index contributed by atoms with van der Waals surface area (Å²) < 4.78 is 24.0. The Labute approximate surface area is 111 Å². The van der Waals surface area contributed by atoms with Gasteiger partial charge in [-0.1, -0.05) is 13.8 Å². The first-order chi connectivity index (χ1) is 8.91. The zero-order chi connectivity index (χ0) is 14.4. The summed E-state index contributed by atoms with van der Waals surface area (Å²) in [6, 6.07) is 2.22. The summed E-state index contributed by atoms with van der Waals surface area (Å²) in [5, 5.41) is 0. The summed E-state index contributed by atoms with van der Waals surface area (Å²) in [7, 11) is 0. The van der Waals surface area contributed by atoms with Crippen LogP contribution in [0.5, 0.6) is 5.75 Å². The maximum atomic E-state index is 13.5. The highest BCUT2D eigenvalue weighted by Gasteiger charge is 2.12. The lowest BCUT2D eigenvalue weighted by atomic mass is 10.1. The van der Waals surface area contributed by atoms with E-state index in [4.69, 9.17) is 20.9 Å². The minimum atomic E-state index is -0.724. The molecule has 0 aliphatic heterocycles. The number of hydrogen-bond acceptors (Lipinski definition) is 4. The number of primary amides is 1. The molecule has 0 radical (unpaired) electrons. The number of halogens is 1. The van der Waals surface area contributed by atoms with Gasteiger partial charge in [-0.3, -0.25) is 4.79 Å². The van der Waals surface area contributed by atoms with E-state index in [2.05, 4.69) is 0 Å². The van der Waals surface area contributed by atoms with E-state index in [0.29, 0.717) is 19.1 Å². The molecule has 0 saturated heterocycles. The Morgan fingerprint density at radius 3 is 2.63 bits per heavy atom. The van der Waals surface area contributed by atoms with Crippen molar-refractivity contribution >= 4 is 11.6 Å². The maximum absolute atomic E-state index is 13.5. The number of nitrogen functional groups attached to an aromatic ring is 1. The molecule has 0 aromatic heterocycles. The number of rotatable bonds is 7. The van der Waals surface area contributed by atoms with E-state index in [9.17, 15) is 9.18 Å².